The summed E-state index contributed by atoms with van der Waals surface area (Å²) >= 11 is 2.00. The minimum atomic E-state index is 0.165. The molecule has 3 aliphatic heterocycles. The van der Waals surface area contributed by atoms with E-state index in [4.69, 9.17) is 9.47 Å². The van der Waals surface area contributed by atoms with Crippen molar-refractivity contribution in [3.05, 3.63) is 35.4 Å². The van der Waals surface area contributed by atoms with Crippen molar-refractivity contribution in [1.82, 2.24) is 4.90 Å². The molecule has 0 unspecified atom stereocenters. The lowest BCUT2D eigenvalue weighted by Gasteiger charge is -2.47. The normalized spacial score (nSPS) is 26.0. The molecular weight excluding hydrogens is 334 g/mol. The highest BCUT2D eigenvalue weighted by atomic mass is 32.2. The summed E-state index contributed by atoms with van der Waals surface area (Å²) in [5.74, 6) is 1.89. The molecule has 1 aromatic rings. The molecule has 5 heteroatoms. The molecule has 4 nitrogen and oxygen atoms in total. The van der Waals surface area contributed by atoms with Crippen molar-refractivity contribution in [1.29, 1.82) is 0 Å². The van der Waals surface area contributed by atoms with E-state index in [-0.39, 0.29) is 10.7 Å². The predicted molar refractivity (Wildman–Crippen MR) is 100 cm³/mol. The summed E-state index contributed by atoms with van der Waals surface area (Å²) in [5, 5.41) is 0. The summed E-state index contributed by atoms with van der Waals surface area (Å²) in [6, 6.07) is 7.88. The lowest BCUT2D eigenvalue weighted by molar-refractivity contribution is -0.0118. The number of likely N-dealkylation sites (tertiary alicyclic amines) is 1. The van der Waals surface area contributed by atoms with Gasteiger partial charge in [0.15, 0.2) is 0 Å². The molecule has 0 radical (unpaired) electrons. The fourth-order valence-electron chi connectivity index (χ4n) is 3.99. The Morgan fingerprint density at radius 2 is 2.00 bits per heavy atom. The molecule has 4 rings (SSSR count). The Hall–Kier alpha value is -1.04. The van der Waals surface area contributed by atoms with Gasteiger partial charge >= 0.3 is 0 Å². The van der Waals surface area contributed by atoms with Gasteiger partial charge < -0.3 is 14.4 Å². The van der Waals surface area contributed by atoms with Crippen LogP contribution in [0.4, 0.5) is 0 Å². The topological polar surface area (TPSA) is 38.8 Å². The van der Waals surface area contributed by atoms with Crippen LogP contribution in [0.3, 0.4) is 0 Å². The Balaban J connectivity index is 1.24. The summed E-state index contributed by atoms with van der Waals surface area (Å²) in [5.41, 5.74) is 1.99. The Morgan fingerprint density at radius 3 is 2.72 bits per heavy atom. The van der Waals surface area contributed by atoms with Gasteiger partial charge in [0.25, 0.3) is 5.91 Å². The van der Waals surface area contributed by atoms with Gasteiger partial charge in [0, 0.05) is 44.2 Å². The Kier molecular flexibility index (Phi) is 5.07. The number of benzene rings is 1. The van der Waals surface area contributed by atoms with Crippen molar-refractivity contribution in [2.75, 3.05) is 38.7 Å². The number of ether oxygens (including phenoxy) is 2. The molecule has 1 spiro atoms. The number of carbonyl (C=O) groups is 1. The van der Waals surface area contributed by atoms with Gasteiger partial charge in [-0.05, 0) is 44.2 Å². The van der Waals surface area contributed by atoms with Crippen LogP contribution in [0.15, 0.2) is 24.3 Å². The van der Waals surface area contributed by atoms with Crippen LogP contribution < -0.4 is 0 Å². The van der Waals surface area contributed by atoms with Crippen molar-refractivity contribution in [3.8, 4) is 0 Å². The van der Waals surface area contributed by atoms with E-state index < -0.39 is 0 Å². The maximum absolute atomic E-state index is 12.6. The molecule has 0 N–H and O–H groups in total. The maximum atomic E-state index is 12.6. The minimum absolute atomic E-state index is 0.165. The van der Waals surface area contributed by atoms with Crippen LogP contribution in [-0.2, 0) is 9.47 Å². The average molecular weight is 362 g/mol. The van der Waals surface area contributed by atoms with Gasteiger partial charge in [-0.25, -0.2) is 0 Å². The number of hydrogen-bond donors (Lipinski definition) is 0. The van der Waals surface area contributed by atoms with Crippen LogP contribution in [0.5, 0.6) is 0 Å². The van der Waals surface area contributed by atoms with E-state index in [0.717, 1.165) is 63.5 Å². The summed E-state index contributed by atoms with van der Waals surface area (Å²) in [7, 11) is 0. The lowest BCUT2D eigenvalue weighted by Crippen LogP contribution is -2.60. The van der Waals surface area contributed by atoms with Crippen molar-refractivity contribution in [2.45, 2.75) is 37.0 Å². The zero-order valence-corrected chi connectivity index (χ0v) is 15.7. The minimum Gasteiger partial charge on any atom is -0.381 e. The third kappa shape index (κ3) is 3.88. The van der Waals surface area contributed by atoms with E-state index in [2.05, 4.69) is 0 Å². The number of rotatable bonds is 4. The quantitative estimate of drug-likeness (QED) is 0.826. The van der Waals surface area contributed by atoms with E-state index >= 15 is 0 Å². The standard InChI is InChI=1S/C20H27NO3S/c1-15-2-4-17(5-3-15)19(22)21-13-20(14-21)10-18(12-25-20)24-11-16-6-8-23-9-7-16/h2-5,16,18H,6-14H2,1H3/t18-/m1/s1. The third-order valence-electron chi connectivity index (χ3n) is 5.63. The van der Waals surface area contributed by atoms with Crippen molar-refractivity contribution < 1.29 is 14.3 Å². The van der Waals surface area contributed by atoms with Crippen LogP contribution in [-0.4, -0.2) is 60.3 Å². The number of nitrogens with zero attached hydrogens (tertiary/aromatic N) is 1. The monoisotopic (exact) mass is 361 g/mol. The lowest BCUT2D eigenvalue weighted by atomic mass is 9.92. The van der Waals surface area contributed by atoms with Gasteiger partial charge in [0.1, 0.15) is 0 Å². The molecule has 1 amide bonds. The van der Waals surface area contributed by atoms with Crippen molar-refractivity contribution >= 4 is 17.7 Å². The van der Waals surface area contributed by atoms with Crippen LogP contribution in [0.2, 0.25) is 0 Å². The Bertz CT molecular complexity index is 606. The molecular formula is C20H27NO3S. The van der Waals surface area contributed by atoms with E-state index in [1.807, 2.05) is 47.9 Å². The van der Waals surface area contributed by atoms with Gasteiger partial charge in [-0.1, -0.05) is 17.7 Å². The highest BCUT2D eigenvalue weighted by molar-refractivity contribution is 8.01. The number of thioether (sulfide) groups is 1. The zero-order valence-electron chi connectivity index (χ0n) is 14.9. The molecule has 136 valence electrons. The number of amides is 1. The SMILES string of the molecule is Cc1ccc(C(=O)N2CC3(C[C@@H](OCC4CCOCC4)CS3)C2)cc1. The first kappa shape index (κ1) is 17.4. The highest BCUT2D eigenvalue weighted by Crippen LogP contribution is 2.46. The summed E-state index contributed by atoms with van der Waals surface area (Å²) in [6.45, 7) is 6.41. The number of aryl methyl sites for hydroxylation is 1. The van der Waals surface area contributed by atoms with Crippen LogP contribution in [0, 0.1) is 12.8 Å². The van der Waals surface area contributed by atoms with Gasteiger partial charge in [-0.15, -0.1) is 11.8 Å². The second kappa shape index (κ2) is 7.29. The third-order valence-corrected chi connectivity index (χ3v) is 7.20. The van der Waals surface area contributed by atoms with E-state index in [9.17, 15) is 4.79 Å². The Morgan fingerprint density at radius 1 is 1.28 bits per heavy atom. The number of hydrogen-bond acceptors (Lipinski definition) is 4. The summed E-state index contributed by atoms with van der Waals surface area (Å²) in [6.07, 6.45) is 3.69. The van der Waals surface area contributed by atoms with Crippen LogP contribution in [0.25, 0.3) is 0 Å². The molecule has 3 heterocycles. The number of carbonyl (C=O) groups excluding carboxylic acids is 1. The van der Waals surface area contributed by atoms with E-state index in [0.29, 0.717) is 12.0 Å². The highest BCUT2D eigenvalue weighted by Gasteiger charge is 2.51. The molecule has 3 fully saturated rings. The molecule has 0 bridgehead atoms. The summed E-state index contributed by atoms with van der Waals surface area (Å²) in [4.78, 5) is 14.6. The molecule has 3 aliphatic rings. The average Bonchev–Trinajstić information content (AvgIpc) is 3.04. The van der Waals surface area contributed by atoms with E-state index in [1.54, 1.807) is 0 Å². The van der Waals surface area contributed by atoms with Crippen LogP contribution >= 0.6 is 11.8 Å². The largest absolute Gasteiger partial charge is 0.381 e. The zero-order chi connectivity index (χ0) is 17.3. The molecule has 25 heavy (non-hydrogen) atoms. The van der Waals surface area contributed by atoms with Crippen molar-refractivity contribution in [3.63, 3.8) is 0 Å². The molecule has 0 aromatic heterocycles. The fourth-order valence-corrected chi connectivity index (χ4v) is 5.54. The van der Waals surface area contributed by atoms with Crippen LogP contribution in [0.1, 0.15) is 35.2 Å². The van der Waals surface area contributed by atoms with E-state index in [1.165, 1.54) is 5.56 Å². The maximum Gasteiger partial charge on any atom is 0.253 e. The Labute approximate surface area is 154 Å². The first-order chi connectivity index (χ1) is 12.1. The summed E-state index contributed by atoms with van der Waals surface area (Å²) < 4.78 is 11.8. The molecule has 0 aliphatic carbocycles. The first-order valence-corrected chi connectivity index (χ1v) is 10.3. The smallest absolute Gasteiger partial charge is 0.253 e. The van der Waals surface area contributed by atoms with Gasteiger partial charge in [0.2, 0.25) is 0 Å². The molecule has 1 atom stereocenters. The first-order valence-electron chi connectivity index (χ1n) is 9.33. The molecule has 0 saturated carbocycles. The van der Waals surface area contributed by atoms with Gasteiger partial charge in [-0.2, -0.15) is 0 Å². The fraction of sp³-hybridized carbons (Fsp3) is 0.650. The predicted octanol–water partition coefficient (Wildman–Crippen LogP) is 3.14. The van der Waals surface area contributed by atoms with Gasteiger partial charge in [0.05, 0.1) is 10.9 Å². The van der Waals surface area contributed by atoms with Gasteiger partial charge in [-0.3, -0.25) is 4.79 Å². The molecule has 3 saturated heterocycles. The second-order valence-electron chi connectivity index (χ2n) is 7.74. The second-order valence-corrected chi connectivity index (χ2v) is 9.22. The van der Waals surface area contributed by atoms with Crippen molar-refractivity contribution in [2.24, 2.45) is 5.92 Å². The molecule has 1 aromatic carbocycles.